The summed E-state index contributed by atoms with van der Waals surface area (Å²) in [5.41, 5.74) is 3.39. The first-order valence-electron chi connectivity index (χ1n) is 8.59. The molecule has 0 saturated carbocycles. The van der Waals surface area contributed by atoms with Gasteiger partial charge in [-0.1, -0.05) is 59.6 Å². The van der Waals surface area contributed by atoms with Crippen LogP contribution in [0.3, 0.4) is 0 Å². The SMILES string of the molecule is O=C([O-])c1ccc(NCCC(c2ccc(Cl)cc2)c2ccc(Cl)cc2)cc1. The van der Waals surface area contributed by atoms with Crippen molar-refractivity contribution in [1.82, 2.24) is 0 Å². The molecule has 0 atom stereocenters. The summed E-state index contributed by atoms with van der Waals surface area (Å²) in [5.74, 6) is -0.985. The second-order valence-corrected chi connectivity index (χ2v) is 7.11. The van der Waals surface area contributed by atoms with E-state index in [0.717, 1.165) is 18.7 Å². The summed E-state index contributed by atoms with van der Waals surface area (Å²) in [5, 5.41) is 15.6. The fraction of sp³-hybridized carbons (Fsp3) is 0.136. The van der Waals surface area contributed by atoms with Gasteiger partial charge in [0.2, 0.25) is 0 Å². The van der Waals surface area contributed by atoms with E-state index in [0.29, 0.717) is 10.0 Å². The standard InChI is InChI=1S/C22H19Cl2NO2/c23-18-7-1-15(2-8-18)21(16-3-9-19(24)10-4-16)13-14-25-20-11-5-17(6-12-20)22(26)27/h1-12,21,25H,13-14H2,(H,26,27)/p-1. The first-order chi connectivity index (χ1) is 13.0. The Hall–Kier alpha value is -2.49. The molecule has 0 unspecified atom stereocenters. The number of carboxylic acid groups (broad SMARTS) is 1. The third kappa shape index (κ3) is 5.25. The van der Waals surface area contributed by atoms with Gasteiger partial charge in [0.15, 0.2) is 0 Å². The van der Waals surface area contributed by atoms with Crippen molar-refractivity contribution < 1.29 is 9.90 Å². The molecule has 0 aromatic heterocycles. The number of anilines is 1. The second kappa shape index (κ2) is 8.94. The molecule has 0 aliphatic carbocycles. The molecule has 3 aromatic carbocycles. The molecule has 0 spiro atoms. The molecule has 0 aliphatic rings. The van der Waals surface area contributed by atoms with Gasteiger partial charge >= 0.3 is 0 Å². The minimum absolute atomic E-state index is 0.167. The van der Waals surface area contributed by atoms with Crippen LogP contribution in [0.4, 0.5) is 5.69 Å². The minimum Gasteiger partial charge on any atom is -0.545 e. The molecule has 0 aliphatic heterocycles. The average Bonchev–Trinajstić information content (AvgIpc) is 2.67. The molecule has 5 heteroatoms. The van der Waals surface area contributed by atoms with Crippen LogP contribution in [0, 0.1) is 0 Å². The number of rotatable bonds is 7. The summed E-state index contributed by atoms with van der Waals surface area (Å²) in [4.78, 5) is 10.8. The van der Waals surface area contributed by atoms with Crippen molar-refractivity contribution in [2.45, 2.75) is 12.3 Å². The number of carboxylic acids is 1. The fourth-order valence-electron chi connectivity index (χ4n) is 3.00. The van der Waals surface area contributed by atoms with Crippen molar-refractivity contribution in [2.24, 2.45) is 0 Å². The summed E-state index contributed by atoms with van der Waals surface area (Å²) < 4.78 is 0. The van der Waals surface area contributed by atoms with E-state index in [-0.39, 0.29) is 11.5 Å². The van der Waals surface area contributed by atoms with Crippen LogP contribution in [0.5, 0.6) is 0 Å². The third-order valence-corrected chi connectivity index (χ3v) is 4.93. The van der Waals surface area contributed by atoms with Gasteiger partial charge in [-0.05, 0) is 59.5 Å². The number of hydrogen-bond donors (Lipinski definition) is 1. The van der Waals surface area contributed by atoms with E-state index in [1.54, 1.807) is 12.1 Å². The Morgan fingerprint density at radius 2 is 1.30 bits per heavy atom. The Morgan fingerprint density at radius 3 is 1.74 bits per heavy atom. The Labute approximate surface area is 168 Å². The Morgan fingerprint density at radius 1 is 0.815 bits per heavy atom. The topological polar surface area (TPSA) is 52.2 Å². The zero-order valence-electron chi connectivity index (χ0n) is 14.5. The molecule has 3 aromatic rings. The highest BCUT2D eigenvalue weighted by Gasteiger charge is 2.14. The zero-order valence-corrected chi connectivity index (χ0v) is 16.0. The van der Waals surface area contributed by atoms with Crippen LogP contribution in [0.15, 0.2) is 72.8 Å². The van der Waals surface area contributed by atoms with E-state index < -0.39 is 5.97 Å². The molecule has 138 valence electrons. The molecular weight excluding hydrogens is 381 g/mol. The molecule has 27 heavy (non-hydrogen) atoms. The number of carbonyl (C=O) groups is 1. The van der Waals surface area contributed by atoms with Crippen molar-refractivity contribution in [1.29, 1.82) is 0 Å². The Bertz CT molecular complexity index is 846. The summed E-state index contributed by atoms with van der Waals surface area (Å²) in [7, 11) is 0. The van der Waals surface area contributed by atoms with Gasteiger partial charge in [0.25, 0.3) is 0 Å². The molecule has 0 fully saturated rings. The van der Waals surface area contributed by atoms with Gasteiger partial charge in [0, 0.05) is 28.2 Å². The van der Waals surface area contributed by atoms with Crippen molar-refractivity contribution in [3.63, 3.8) is 0 Å². The van der Waals surface area contributed by atoms with Crippen LogP contribution in [0.2, 0.25) is 10.0 Å². The van der Waals surface area contributed by atoms with E-state index >= 15 is 0 Å². The largest absolute Gasteiger partial charge is 0.545 e. The molecule has 3 rings (SSSR count). The van der Waals surface area contributed by atoms with Crippen molar-refractivity contribution in [3.05, 3.63) is 99.5 Å². The van der Waals surface area contributed by atoms with E-state index in [1.165, 1.54) is 23.3 Å². The number of nitrogens with one attached hydrogen (secondary N) is 1. The molecule has 0 bridgehead atoms. The van der Waals surface area contributed by atoms with Gasteiger partial charge in [-0.3, -0.25) is 0 Å². The maximum atomic E-state index is 10.8. The second-order valence-electron chi connectivity index (χ2n) is 6.24. The van der Waals surface area contributed by atoms with Gasteiger partial charge < -0.3 is 15.2 Å². The number of benzene rings is 3. The van der Waals surface area contributed by atoms with Gasteiger partial charge in [-0.15, -0.1) is 0 Å². The number of hydrogen-bond acceptors (Lipinski definition) is 3. The van der Waals surface area contributed by atoms with Crippen LogP contribution < -0.4 is 10.4 Å². The van der Waals surface area contributed by atoms with E-state index in [9.17, 15) is 9.90 Å². The minimum atomic E-state index is -1.17. The molecular formula is C22H18Cl2NO2-. The van der Waals surface area contributed by atoms with Gasteiger partial charge in [-0.25, -0.2) is 0 Å². The van der Waals surface area contributed by atoms with Gasteiger partial charge in [-0.2, -0.15) is 0 Å². The molecule has 1 N–H and O–H groups in total. The Balaban J connectivity index is 1.72. The summed E-state index contributed by atoms with van der Waals surface area (Å²) in [6.45, 7) is 0.723. The summed E-state index contributed by atoms with van der Waals surface area (Å²) in [6.07, 6.45) is 0.853. The van der Waals surface area contributed by atoms with Crippen molar-refractivity contribution in [2.75, 3.05) is 11.9 Å². The average molecular weight is 399 g/mol. The van der Waals surface area contributed by atoms with Gasteiger partial charge in [0.05, 0.1) is 5.97 Å². The lowest BCUT2D eigenvalue weighted by Crippen LogP contribution is -2.22. The van der Waals surface area contributed by atoms with Crippen LogP contribution in [0.25, 0.3) is 0 Å². The fourth-order valence-corrected chi connectivity index (χ4v) is 3.25. The quantitative estimate of drug-likeness (QED) is 0.609. The lowest BCUT2D eigenvalue weighted by molar-refractivity contribution is -0.255. The van der Waals surface area contributed by atoms with Crippen molar-refractivity contribution in [3.8, 4) is 0 Å². The highest BCUT2D eigenvalue weighted by atomic mass is 35.5. The predicted octanol–water partition coefficient (Wildman–Crippen LogP) is 4.99. The Kier molecular flexibility index (Phi) is 6.38. The van der Waals surface area contributed by atoms with Crippen molar-refractivity contribution >= 4 is 34.9 Å². The molecule has 0 radical (unpaired) electrons. The molecule has 3 nitrogen and oxygen atoms in total. The molecule has 0 amide bonds. The summed E-state index contributed by atoms with van der Waals surface area (Å²) in [6, 6.07) is 22.3. The molecule has 0 heterocycles. The number of carbonyl (C=O) groups excluding carboxylic acids is 1. The van der Waals surface area contributed by atoms with Crippen LogP contribution in [0.1, 0.15) is 33.8 Å². The maximum absolute atomic E-state index is 10.8. The maximum Gasteiger partial charge on any atom is 0.0715 e. The highest BCUT2D eigenvalue weighted by molar-refractivity contribution is 6.30. The van der Waals surface area contributed by atoms with Crippen LogP contribution in [-0.4, -0.2) is 12.5 Å². The monoisotopic (exact) mass is 398 g/mol. The van der Waals surface area contributed by atoms with Crippen LogP contribution >= 0.6 is 23.2 Å². The zero-order chi connectivity index (χ0) is 19.2. The van der Waals surface area contributed by atoms with Gasteiger partial charge in [0.1, 0.15) is 0 Å². The van der Waals surface area contributed by atoms with E-state index in [1.807, 2.05) is 48.5 Å². The number of aromatic carboxylic acids is 1. The lowest BCUT2D eigenvalue weighted by atomic mass is 9.88. The first-order valence-corrected chi connectivity index (χ1v) is 9.35. The first kappa shape index (κ1) is 19.3. The third-order valence-electron chi connectivity index (χ3n) is 4.43. The predicted molar refractivity (Wildman–Crippen MR) is 109 cm³/mol. The normalized spacial score (nSPS) is 10.8. The lowest BCUT2D eigenvalue weighted by Gasteiger charge is -2.19. The smallest absolute Gasteiger partial charge is 0.0715 e. The summed E-state index contributed by atoms with van der Waals surface area (Å²) >= 11 is 12.1. The van der Waals surface area contributed by atoms with E-state index in [2.05, 4.69) is 5.32 Å². The van der Waals surface area contributed by atoms with Crippen LogP contribution in [-0.2, 0) is 0 Å². The molecule has 0 saturated heterocycles. The highest BCUT2D eigenvalue weighted by Crippen LogP contribution is 2.30. The van der Waals surface area contributed by atoms with E-state index in [4.69, 9.17) is 23.2 Å². The number of halogens is 2.